The molecule has 0 unspecified atom stereocenters. The second-order valence-electron chi connectivity index (χ2n) is 3.32. The standard InChI is InChI=1S/C11H10ClNO4/c12-8-2-1-7(5-9(8)14)13-11(15)10-6-16-3-4-17-10/h1-2,5-6,14H,3-4H2,(H,13,15). The first-order valence-electron chi connectivity index (χ1n) is 4.91. The van der Waals surface area contributed by atoms with E-state index in [4.69, 9.17) is 21.1 Å². The summed E-state index contributed by atoms with van der Waals surface area (Å²) in [6.45, 7) is 0.767. The van der Waals surface area contributed by atoms with Gasteiger partial charge in [-0.25, -0.2) is 0 Å². The van der Waals surface area contributed by atoms with Crippen molar-refractivity contribution in [1.29, 1.82) is 0 Å². The summed E-state index contributed by atoms with van der Waals surface area (Å²) in [6.07, 6.45) is 1.26. The number of ether oxygens (including phenoxy) is 2. The van der Waals surface area contributed by atoms with E-state index in [9.17, 15) is 9.90 Å². The van der Waals surface area contributed by atoms with E-state index >= 15 is 0 Å². The second kappa shape index (κ2) is 4.97. The Labute approximate surface area is 103 Å². The fourth-order valence-corrected chi connectivity index (χ4v) is 1.39. The summed E-state index contributed by atoms with van der Waals surface area (Å²) in [7, 11) is 0. The molecule has 1 heterocycles. The molecule has 0 aliphatic carbocycles. The second-order valence-corrected chi connectivity index (χ2v) is 3.73. The van der Waals surface area contributed by atoms with Crippen molar-refractivity contribution in [3.05, 3.63) is 35.2 Å². The Bertz CT molecular complexity index is 473. The van der Waals surface area contributed by atoms with Crippen LogP contribution in [-0.2, 0) is 14.3 Å². The fourth-order valence-electron chi connectivity index (χ4n) is 1.27. The molecule has 0 saturated carbocycles. The minimum atomic E-state index is -0.438. The first-order valence-corrected chi connectivity index (χ1v) is 5.29. The largest absolute Gasteiger partial charge is 0.506 e. The molecule has 2 N–H and O–H groups in total. The van der Waals surface area contributed by atoms with Crippen LogP contribution < -0.4 is 5.32 Å². The summed E-state index contributed by atoms with van der Waals surface area (Å²) in [5.41, 5.74) is 0.423. The van der Waals surface area contributed by atoms with Crippen molar-refractivity contribution in [1.82, 2.24) is 0 Å². The van der Waals surface area contributed by atoms with Crippen LogP contribution in [0.1, 0.15) is 0 Å². The van der Waals surface area contributed by atoms with Crippen LogP contribution in [0.2, 0.25) is 5.02 Å². The van der Waals surface area contributed by atoms with E-state index in [0.29, 0.717) is 18.9 Å². The summed E-state index contributed by atoms with van der Waals surface area (Å²) >= 11 is 5.65. The lowest BCUT2D eigenvalue weighted by atomic mass is 10.3. The molecule has 1 amide bonds. The molecule has 2 rings (SSSR count). The number of amides is 1. The molecule has 0 atom stereocenters. The van der Waals surface area contributed by atoms with Crippen LogP contribution in [0.5, 0.6) is 5.75 Å². The number of phenols is 1. The maximum atomic E-state index is 11.7. The van der Waals surface area contributed by atoms with Crippen LogP contribution in [0.4, 0.5) is 5.69 Å². The Morgan fingerprint density at radius 1 is 1.41 bits per heavy atom. The van der Waals surface area contributed by atoms with E-state index in [2.05, 4.69) is 5.32 Å². The summed E-state index contributed by atoms with van der Waals surface area (Å²) in [4.78, 5) is 11.7. The first-order chi connectivity index (χ1) is 8.16. The molecule has 0 fully saturated rings. The zero-order valence-electron chi connectivity index (χ0n) is 8.77. The van der Waals surface area contributed by atoms with Crippen molar-refractivity contribution in [3.8, 4) is 5.75 Å². The van der Waals surface area contributed by atoms with Gasteiger partial charge in [-0.1, -0.05) is 11.6 Å². The highest BCUT2D eigenvalue weighted by Crippen LogP contribution is 2.26. The van der Waals surface area contributed by atoms with Crippen molar-refractivity contribution in [2.45, 2.75) is 0 Å². The number of hydrogen-bond donors (Lipinski definition) is 2. The number of halogens is 1. The van der Waals surface area contributed by atoms with Gasteiger partial charge in [-0.2, -0.15) is 0 Å². The van der Waals surface area contributed by atoms with Gasteiger partial charge in [0.1, 0.15) is 25.2 Å². The van der Waals surface area contributed by atoms with Crippen LogP contribution in [0.15, 0.2) is 30.2 Å². The summed E-state index contributed by atoms with van der Waals surface area (Å²) in [5, 5.41) is 12.1. The third kappa shape index (κ3) is 2.82. The zero-order valence-corrected chi connectivity index (χ0v) is 9.53. The number of carbonyl (C=O) groups is 1. The van der Waals surface area contributed by atoms with E-state index in [0.717, 1.165) is 0 Å². The summed E-state index contributed by atoms with van der Waals surface area (Å²) < 4.78 is 10.1. The normalized spacial score (nSPS) is 14.3. The highest BCUT2D eigenvalue weighted by Gasteiger charge is 2.15. The molecule has 17 heavy (non-hydrogen) atoms. The van der Waals surface area contributed by atoms with Gasteiger partial charge in [0.25, 0.3) is 5.91 Å². The zero-order chi connectivity index (χ0) is 12.3. The number of carbonyl (C=O) groups excluding carboxylic acids is 1. The van der Waals surface area contributed by atoms with E-state index in [1.54, 1.807) is 6.07 Å². The molecular weight excluding hydrogens is 246 g/mol. The molecule has 0 spiro atoms. The molecule has 0 bridgehead atoms. The lowest BCUT2D eigenvalue weighted by Gasteiger charge is -2.15. The lowest BCUT2D eigenvalue weighted by Crippen LogP contribution is -2.21. The van der Waals surface area contributed by atoms with Crippen molar-refractivity contribution in [3.63, 3.8) is 0 Å². The summed E-state index contributed by atoms with van der Waals surface area (Å²) in [5.74, 6) is -0.434. The molecule has 0 saturated heterocycles. The van der Waals surface area contributed by atoms with Gasteiger partial charge in [-0.05, 0) is 12.1 Å². The fraction of sp³-hybridized carbons (Fsp3) is 0.182. The highest BCUT2D eigenvalue weighted by molar-refractivity contribution is 6.32. The molecule has 1 aliphatic heterocycles. The van der Waals surface area contributed by atoms with Crippen LogP contribution in [-0.4, -0.2) is 24.2 Å². The third-order valence-corrected chi connectivity index (χ3v) is 2.40. The molecule has 0 radical (unpaired) electrons. The van der Waals surface area contributed by atoms with Crippen LogP contribution in [0.25, 0.3) is 0 Å². The van der Waals surface area contributed by atoms with Crippen molar-refractivity contribution in [2.24, 2.45) is 0 Å². The maximum absolute atomic E-state index is 11.7. The molecule has 90 valence electrons. The lowest BCUT2D eigenvalue weighted by molar-refractivity contribution is -0.117. The highest BCUT2D eigenvalue weighted by atomic mass is 35.5. The Morgan fingerprint density at radius 3 is 2.88 bits per heavy atom. The number of hydrogen-bond acceptors (Lipinski definition) is 4. The average molecular weight is 256 g/mol. The van der Waals surface area contributed by atoms with E-state index in [1.165, 1.54) is 18.4 Å². The number of anilines is 1. The molecule has 1 aromatic rings. The molecule has 6 heteroatoms. The SMILES string of the molecule is O=C(Nc1ccc(Cl)c(O)c1)C1=COCCO1. The van der Waals surface area contributed by atoms with Crippen LogP contribution >= 0.6 is 11.6 Å². The van der Waals surface area contributed by atoms with Gasteiger partial charge in [-0.15, -0.1) is 0 Å². The molecule has 1 aromatic carbocycles. The van der Waals surface area contributed by atoms with E-state index in [-0.39, 0.29) is 16.5 Å². The van der Waals surface area contributed by atoms with Crippen LogP contribution in [0, 0.1) is 0 Å². The first kappa shape index (κ1) is 11.6. The topological polar surface area (TPSA) is 67.8 Å². The van der Waals surface area contributed by atoms with Gasteiger partial charge in [0, 0.05) is 11.8 Å². The van der Waals surface area contributed by atoms with Gasteiger partial charge in [-0.3, -0.25) is 4.79 Å². The quantitative estimate of drug-likeness (QED) is 0.847. The number of phenolic OH excluding ortho intramolecular Hbond substituents is 1. The van der Waals surface area contributed by atoms with E-state index in [1.807, 2.05) is 0 Å². The number of benzene rings is 1. The van der Waals surface area contributed by atoms with Crippen molar-refractivity contribution >= 4 is 23.2 Å². The summed E-state index contributed by atoms with van der Waals surface area (Å²) in [6, 6.07) is 4.41. The predicted octanol–water partition coefficient (Wildman–Crippen LogP) is 1.87. The van der Waals surface area contributed by atoms with Crippen molar-refractivity contribution < 1.29 is 19.4 Å². The maximum Gasteiger partial charge on any atom is 0.294 e. The Hall–Kier alpha value is -1.88. The minimum Gasteiger partial charge on any atom is -0.506 e. The van der Waals surface area contributed by atoms with Gasteiger partial charge in [0.2, 0.25) is 5.76 Å². The van der Waals surface area contributed by atoms with Crippen LogP contribution in [0.3, 0.4) is 0 Å². The molecule has 5 nitrogen and oxygen atoms in total. The van der Waals surface area contributed by atoms with Gasteiger partial charge in [0.05, 0.1) is 5.02 Å². The smallest absolute Gasteiger partial charge is 0.294 e. The Kier molecular flexibility index (Phi) is 3.39. The number of rotatable bonds is 2. The molecular formula is C11H10ClNO4. The van der Waals surface area contributed by atoms with Gasteiger partial charge in [0.15, 0.2) is 0 Å². The molecule has 1 aliphatic rings. The van der Waals surface area contributed by atoms with Gasteiger partial charge >= 0.3 is 0 Å². The minimum absolute atomic E-state index is 0.0979. The monoisotopic (exact) mass is 255 g/mol. The molecule has 0 aromatic heterocycles. The predicted molar refractivity (Wildman–Crippen MR) is 61.7 cm³/mol. The average Bonchev–Trinajstić information content (AvgIpc) is 2.35. The van der Waals surface area contributed by atoms with E-state index < -0.39 is 5.91 Å². The number of nitrogens with one attached hydrogen (secondary N) is 1. The van der Waals surface area contributed by atoms with Gasteiger partial charge < -0.3 is 19.9 Å². The third-order valence-electron chi connectivity index (χ3n) is 2.08. The number of aromatic hydroxyl groups is 1. The Morgan fingerprint density at radius 2 is 2.24 bits per heavy atom. The van der Waals surface area contributed by atoms with Crippen molar-refractivity contribution in [2.75, 3.05) is 18.5 Å². The Balaban J connectivity index is 2.07.